The number of hydrogen-bond donors (Lipinski definition) is 1. The van der Waals surface area contributed by atoms with Crippen LogP contribution in [0.4, 0.5) is 5.69 Å². The van der Waals surface area contributed by atoms with E-state index in [-0.39, 0.29) is 6.23 Å². The van der Waals surface area contributed by atoms with Crippen molar-refractivity contribution >= 4 is 37.2 Å². The Kier molecular flexibility index (Phi) is 5.31. The summed E-state index contributed by atoms with van der Waals surface area (Å²) in [6.45, 7) is 0. The number of rotatable bonds is 4. The maximum absolute atomic E-state index is 6.37. The van der Waals surface area contributed by atoms with Gasteiger partial charge in [-0.25, -0.2) is 15.0 Å². The molecule has 0 radical (unpaired) electrons. The molecule has 1 aliphatic rings. The summed E-state index contributed by atoms with van der Waals surface area (Å²) >= 11 is 1.77. The lowest BCUT2D eigenvalue weighted by Gasteiger charge is -2.11. The van der Waals surface area contributed by atoms with Crippen molar-refractivity contribution < 1.29 is 4.74 Å². The van der Waals surface area contributed by atoms with E-state index < -0.39 is 0 Å². The molecule has 1 aliphatic heterocycles. The Balaban J connectivity index is 1.31. The highest BCUT2D eigenvalue weighted by Crippen LogP contribution is 2.47. The second-order valence-electron chi connectivity index (χ2n) is 9.72. The molecule has 0 amide bonds. The summed E-state index contributed by atoms with van der Waals surface area (Å²) in [5, 5.41) is 5.79. The lowest BCUT2D eigenvalue weighted by Crippen LogP contribution is -2.09. The van der Waals surface area contributed by atoms with Gasteiger partial charge in [0.05, 0.1) is 5.69 Å². The van der Waals surface area contributed by atoms with Crippen molar-refractivity contribution in [1.82, 2.24) is 15.0 Å². The quantitative estimate of drug-likeness (QED) is 0.245. The van der Waals surface area contributed by atoms with Crippen molar-refractivity contribution in [2.24, 2.45) is 0 Å². The van der Waals surface area contributed by atoms with Crippen LogP contribution in [-0.4, -0.2) is 15.0 Å². The second-order valence-corrected chi connectivity index (χ2v) is 10.8. The van der Waals surface area contributed by atoms with Crippen LogP contribution in [0.15, 0.2) is 121 Å². The normalized spacial score (nSPS) is 14.2. The van der Waals surface area contributed by atoms with Gasteiger partial charge in [0.1, 0.15) is 5.75 Å². The predicted octanol–water partition coefficient (Wildman–Crippen LogP) is 8.74. The molecule has 3 heterocycles. The van der Waals surface area contributed by atoms with E-state index >= 15 is 0 Å². The van der Waals surface area contributed by atoms with E-state index in [4.69, 9.17) is 19.7 Å². The van der Waals surface area contributed by atoms with E-state index in [2.05, 4.69) is 47.8 Å². The number of aromatic nitrogens is 3. The van der Waals surface area contributed by atoms with Crippen LogP contribution in [0.2, 0.25) is 0 Å². The predicted molar refractivity (Wildman–Crippen MR) is 162 cm³/mol. The van der Waals surface area contributed by atoms with Gasteiger partial charge in [-0.1, -0.05) is 103 Å². The fraction of sp³-hybridized carbons (Fsp3) is 0.0294. The summed E-state index contributed by atoms with van der Waals surface area (Å²) in [6, 6.07) is 41.1. The first-order chi connectivity index (χ1) is 19.8. The molecular weight excluding hydrogens is 512 g/mol. The summed E-state index contributed by atoms with van der Waals surface area (Å²) in [7, 11) is 0. The van der Waals surface area contributed by atoms with E-state index in [0.717, 1.165) is 44.5 Å². The second kappa shape index (κ2) is 9.29. The van der Waals surface area contributed by atoms with E-state index in [1.54, 1.807) is 11.3 Å². The summed E-state index contributed by atoms with van der Waals surface area (Å²) in [5.74, 6) is 2.81. The van der Waals surface area contributed by atoms with Crippen LogP contribution in [0.5, 0.6) is 5.75 Å². The van der Waals surface area contributed by atoms with E-state index in [1.165, 1.54) is 9.40 Å². The maximum Gasteiger partial charge on any atom is 0.196 e. The molecule has 2 aromatic heterocycles. The molecule has 1 N–H and O–H groups in total. The fourth-order valence-corrected chi connectivity index (χ4v) is 6.41. The largest absolute Gasteiger partial charge is 0.464 e. The van der Waals surface area contributed by atoms with Gasteiger partial charge in [0.15, 0.2) is 23.7 Å². The van der Waals surface area contributed by atoms with Gasteiger partial charge in [0.2, 0.25) is 0 Å². The molecule has 8 rings (SSSR count). The van der Waals surface area contributed by atoms with Gasteiger partial charge in [-0.3, -0.25) is 0 Å². The highest BCUT2D eigenvalue weighted by Gasteiger charge is 2.25. The van der Waals surface area contributed by atoms with E-state index in [0.29, 0.717) is 17.5 Å². The molecule has 0 saturated heterocycles. The molecular formula is C34H22N4OS. The first-order valence-electron chi connectivity index (χ1n) is 13.1. The van der Waals surface area contributed by atoms with Crippen molar-refractivity contribution in [1.29, 1.82) is 0 Å². The van der Waals surface area contributed by atoms with Crippen LogP contribution in [-0.2, 0) is 0 Å². The molecule has 1 atom stereocenters. The van der Waals surface area contributed by atoms with Gasteiger partial charge in [-0.05, 0) is 18.2 Å². The van der Waals surface area contributed by atoms with Crippen molar-refractivity contribution in [3.63, 3.8) is 0 Å². The topological polar surface area (TPSA) is 59.9 Å². The number of nitrogens with one attached hydrogen (secondary N) is 1. The summed E-state index contributed by atoms with van der Waals surface area (Å²) in [5.41, 5.74) is 4.99. The highest BCUT2D eigenvalue weighted by molar-refractivity contribution is 7.26. The Hall–Kier alpha value is -5.07. The van der Waals surface area contributed by atoms with Crippen LogP contribution in [0.1, 0.15) is 11.8 Å². The minimum absolute atomic E-state index is 0.205. The van der Waals surface area contributed by atoms with Crippen LogP contribution in [0.3, 0.4) is 0 Å². The molecule has 0 aliphatic carbocycles. The first kappa shape index (κ1) is 22.9. The number of nitrogens with zero attached hydrogens (tertiary/aromatic N) is 3. The average molecular weight is 535 g/mol. The first-order valence-corrected chi connectivity index (χ1v) is 14.0. The van der Waals surface area contributed by atoms with Crippen molar-refractivity contribution in [2.45, 2.75) is 6.23 Å². The molecule has 1 unspecified atom stereocenters. The molecule has 0 saturated carbocycles. The number of ether oxygens (including phenoxy) is 1. The smallest absolute Gasteiger partial charge is 0.196 e. The third-order valence-corrected chi connectivity index (χ3v) is 8.29. The zero-order valence-electron chi connectivity index (χ0n) is 21.3. The van der Waals surface area contributed by atoms with E-state index in [1.807, 2.05) is 78.9 Å². The Bertz CT molecular complexity index is 1950. The van der Waals surface area contributed by atoms with Crippen LogP contribution in [0.25, 0.3) is 54.3 Å². The molecule has 7 aromatic rings. The molecule has 5 aromatic carbocycles. The number of benzene rings is 5. The Morgan fingerprint density at radius 2 is 1.23 bits per heavy atom. The lowest BCUT2D eigenvalue weighted by atomic mass is 10.0. The van der Waals surface area contributed by atoms with Gasteiger partial charge in [0, 0.05) is 42.4 Å². The average Bonchev–Trinajstić information content (AvgIpc) is 3.61. The molecule has 5 nitrogen and oxygen atoms in total. The van der Waals surface area contributed by atoms with Gasteiger partial charge in [-0.2, -0.15) is 0 Å². The standard InChI is InChI=1S/C34H22N4OS/c1-4-11-21(12-5-1)31-36-32(22-13-6-2-7-14-22)38-33(37-31)24-17-10-18-28-30(24)25-19-27-26(20-29(25)40-28)35-34(39-27)23-15-8-3-9-16-23/h1-20,34-35H. The minimum Gasteiger partial charge on any atom is -0.464 e. The number of hydrogen-bond acceptors (Lipinski definition) is 6. The summed E-state index contributed by atoms with van der Waals surface area (Å²) in [4.78, 5) is 14.9. The van der Waals surface area contributed by atoms with Gasteiger partial charge >= 0.3 is 0 Å². The van der Waals surface area contributed by atoms with E-state index in [9.17, 15) is 0 Å². The Labute approximate surface area is 234 Å². The van der Waals surface area contributed by atoms with Crippen molar-refractivity contribution in [3.8, 4) is 39.9 Å². The molecule has 6 heteroatoms. The Morgan fingerprint density at radius 3 is 1.90 bits per heavy atom. The van der Waals surface area contributed by atoms with Crippen molar-refractivity contribution in [2.75, 3.05) is 5.32 Å². The molecule has 0 spiro atoms. The molecule has 190 valence electrons. The molecule has 0 bridgehead atoms. The molecule has 40 heavy (non-hydrogen) atoms. The van der Waals surface area contributed by atoms with Gasteiger partial charge in [-0.15, -0.1) is 11.3 Å². The monoisotopic (exact) mass is 534 g/mol. The van der Waals surface area contributed by atoms with Gasteiger partial charge in [0.25, 0.3) is 0 Å². The molecule has 0 fully saturated rings. The maximum atomic E-state index is 6.37. The minimum atomic E-state index is -0.205. The Morgan fingerprint density at radius 1 is 0.600 bits per heavy atom. The lowest BCUT2D eigenvalue weighted by molar-refractivity contribution is 0.260. The van der Waals surface area contributed by atoms with Crippen LogP contribution < -0.4 is 10.1 Å². The number of anilines is 1. The number of thiophene rings is 1. The summed E-state index contributed by atoms with van der Waals surface area (Å²) in [6.07, 6.45) is -0.205. The number of fused-ring (bicyclic) bond motifs is 4. The van der Waals surface area contributed by atoms with Crippen LogP contribution >= 0.6 is 11.3 Å². The SMILES string of the molecule is c1ccc(-c2nc(-c3ccccc3)nc(-c3cccc4sc5cc6c(cc5c34)OC(c3ccccc3)N6)n2)cc1. The van der Waals surface area contributed by atoms with Crippen LogP contribution in [0, 0.1) is 0 Å². The highest BCUT2D eigenvalue weighted by atomic mass is 32.1. The zero-order valence-corrected chi connectivity index (χ0v) is 22.1. The fourth-order valence-electron chi connectivity index (χ4n) is 5.25. The van der Waals surface area contributed by atoms with Gasteiger partial charge < -0.3 is 10.1 Å². The summed E-state index contributed by atoms with van der Waals surface area (Å²) < 4.78 is 8.74. The van der Waals surface area contributed by atoms with Crippen molar-refractivity contribution in [3.05, 3.63) is 127 Å². The third kappa shape index (κ3) is 3.89. The zero-order chi connectivity index (χ0) is 26.5. The third-order valence-electron chi connectivity index (χ3n) is 7.17.